The van der Waals surface area contributed by atoms with Gasteiger partial charge in [-0.3, -0.25) is 9.78 Å². The second-order valence-electron chi connectivity index (χ2n) is 9.54. The van der Waals surface area contributed by atoms with Crippen molar-refractivity contribution in [2.45, 2.75) is 47.0 Å². The number of carbonyl (C=O) groups excluding carboxylic acids is 1. The topological polar surface area (TPSA) is 92.7 Å². The van der Waals surface area contributed by atoms with Gasteiger partial charge in [0.25, 0.3) is 5.91 Å². The highest BCUT2D eigenvalue weighted by Gasteiger charge is 2.22. The zero-order chi connectivity index (χ0) is 24.6. The first kappa shape index (κ1) is 23.3. The lowest BCUT2D eigenvalue weighted by Gasteiger charge is -2.21. The molecule has 3 heterocycles. The van der Waals surface area contributed by atoms with E-state index in [-0.39, 0.29) is 11.3 Å². The Hall–Kier alpha value is -3.87. The number of nitrogens with one attached hydrogen (secondary N) is 2. The summed E-state index contributed by atoms with van der Waals surface area (Å²) in [7, 11) is 1.78. The van der Waals surface area contributed by atoms with Gasteiger partial charge in [0.1, 0.15) is 0 Å². The van der Waals surface area contributed by atoms with Crippen LogP contribution in [-0.2, 0) is 5.41 Å². The Kier molecular flexibility index (Phi) is 6.04. The second-order valence-corrected chi connectivity index (χ2v) is 9.54. The number of hydrogen-bond donors (Lipinski definition) is 2. The number of nitrogens with zero attached hydrogens (tertiary/aromatic N) is 4. The summed E-state index contributed by atoms with van der Waals surface area (Å²) in [6, 6.07) is 9.74. The Morgan fingerprint density at radius 1 is 0.941 bits per heavy atom. The maximum absolute atomic E-state index is 13.2. The lowest BCUT2D eigenvalue weighted by molar-refractivity contribution is 0.102. The highest BCUT2D eigenvalue weighted by atomic mass is 16.1. The van der Waals surface area contributed by atoms with Gasteiger partial charge in [-0.2, -0.15) is 4.98 Å². The molecule has 0 saturated carbocycles. The number of pyridine rings is 2. The summed E-state index contributed by atoms with van der Waals surface area (Å²) < 4.78 is 0. The van der Waals surface area contributed by atoms with Gasteiger partial charge >= 0.3 is 0 Å². The van der Waals surface area contributed by atoms with Gasteiger partial charge in [-0.05, 0) is 61.7 Å². The van der Waals surface area contributed by atoms with Crippen molar-refractivity contribution in [3.05, 3.63) is 70.8 Å². The van der Waals surface area contributed by atoms with E-state index in [1.165, 1.54) is 0 Å². The molecule has 0 spiro atoms. The van der Waals surface area contributed by atoms with Crippen LogP contribution in [0, 0.1) is 20.8 Å². The molecule has 7 nitrogen and oxygen atoms in total. The van der Waals surface area contributed by atoms with Crippen LogP contribution in [0.15, 0.2) is 42.7 Å². The van der Waals surface area contributed by atoms with E-state index in [0.717, 1.165) is 44.7 Å². The molecule has 0 saturated heterocycles. The minimum absolute atomic E-state index is 0.143. The zero-order valence-corrected chi connectivity index (χ0v) is 20.7. The molecule has 0 atom stereocenters. The van der Waals surface area contributed by atoms with Gasteiger partial charge in [-0.1, -0.05) is 26.8 Å². The fourth-order valence-electron chi connectivity index (χ4n) is 4.17. The van der Waals surface area contributed by atoms with E-state index in [1.807, 2.05) is 45.0 Å². The van der Waals surface area contributed by atoms with E-state index in [1.54, 1.807) is 25.5 Å². The third kappa shape index (κ3) is 4.46. The molecular weight excluding hydrogens is 424 g/mol. The van der Waals surface area contributed by atoms with Gasteiger partial charge in [-0.25, -0.2) is 9.97 Å². The zero-order valence-electron chi connectivity index (χ0n) is 20.7. The first-order chi connectivity index (χ1) is 16.1. The number of carbonyl (C=O) groups is 1. The second kappa shape index (κ2) is 8.82. The highest BCUT2D eigenvalue weighted by molar-refractivity contribution is 6.05. The molecule has 1 aromatic carbocycles. The van der Waals surface area contributed by atoms with Crippen LogP contribution in [0.2, 0.25) is 0 Å². The van der Waals surface area contributed by atoms with Crippen LogP contribution < -0.4 is 10.6 Å². The molecule has 3 aromatic heterocycles. The van der Waals surface area contributed by atoms with Gasteiger partial charge in [0.15, 0.2) is 5.65 Å². The Morgan fingerprint density at radius 2 is 1.71 bits per heavy atom. The summed E-state index contributed by atoms with van der Waals surface area (Å²) in [5, 5.41) is 6.87. The lowest BCUT2D eigenvalue weighted by atomic mass is 9.87. The van der Waals surface area contributed by atoms with Gasteiger partial charge < -0.3 is 10.6 Å². The first-order valence-electron chi connectivity index (χ1n) is 11.3. The molecule has 174 valence electrons. The van der Waals surface area contributed by atoms with Crippen molar-refractivity contribution in [1.29, 1.82) is 0 Å². The lowest BCUT2D eigenvalue weighted by Crippen LogP contribution is -2.20. The van der Waals surface area contributed by atoms with Crippen molar-refractivity contribution < 1.29 is 4.79 Å². The SMILES string of the molecule is CNc1ncc2cc(-c3cc(NC(=O)c4ccnc(C(C)(C)C)c4C)ccc3C)c(C)nc2n1. The Balaban J connectivity index is 1.70. The predicted molar refractivity (Wildman–Crippen MR) is 137 cm³/mol. The van der Waals surface area contributed by atoms with E-state index in [9.17, 15) is 4.79 Å². The number of fused-ring (bicyclic) bond motifs is 1. The summed E-state index contributed by atoms with van der Waals surface area (Å²) in [4.78, 5) is 31.1. The van der Waals surface area contributed by atoms with Gasteiger partial charge in [0, 0.05) is 58.4 Å². The van der Waals surface area contributed by atoms with Crippen LogP contribution in [0.5, 0.6) is 0 Å². The average Bonchev–Trinajstić information content (AvgIpc) is 2.79. The molecule has 0 aliphatic heterocycles. The molecule has 0 aliphatic rings. The molecule has 7 heteroatoms. The fourth-order valence-corrected chi connectivity index (χ4v) is 4.17. The molecule has 2 N–H and O–H groups in total. The van der Waals surface area contributed by atoms with Crippen molar-refractivity contribution in [2.24, 2.45) is 0 Å². The number of aryl methyl sites for hydroxylation is 2. The molecule has 1 amide bonds. The van der Waals surface area contributed by atoms with Crippen molar-refractivity contribution >= 4 is 28.6 Å². The van der Waals surface area contributed by atoms with Crippen molar-refractivity contribution in [3.8, 4) is 11.1 Å². The maximum Gasteiger partial charge on any atom is 0.256 e. The highest BCUT2D eigenvalue weighted by Crippen LogP contribution is 2.31. The van der Waals surface area contributed by atoms with Crippen LogP contribution in [0.4, 0.5) is 11.6 Å². The molecule has 4 rings (SSSR count). The minimum atomic E-state index is -0.151. The summed E-state index contributed by atoms with van der Waals surface area (Å²) in [6.45, 7) is 12.3. The van der Waals surface area contributed by atoms with E-state index in [0.29, 0.717) is 17.2 Å². The maximum atomic E-state index is 13.2. The molecule has 0 aliphatic carbocycles. The van der Waals surface area contributed by atoms with E-state index in [4.69, 9.17) is 4.98 Å². The quantitative estimate of drug-likeness (QED) is 0.417. The number of benzene rings is 1. The molecule has 4 aromatic rings. The fraction of sp³-hybridized carbons (Fsp3) is 0.296. The van der Waals surface area contributed by atoms with Crippen molar-refractivity contribution in [1.82, 2.24) is 19.9 Å². The Bertz CT molecular complexity index is 1400. The largest absolute Gasteiger partial charge is 0.357 e. The summed E-state index contributed by atoms with van der Waals surface area (Å²) in [5.41, 5.74) is 7.61. The third-order valence-electron chi connectivity index (χ3n) is 5.93. The first-order valence-corrected chi connectivity index (χ1v) is 11.3. The molecule has 0 fully saturated rings. The molecular formula is C27H30N6O. The Labute approximate surface area is 200 Å². The van der Waals surface area contributed by atoms with Crippen LogP contribution in [0.1, 0.15) is 53.6 Å². The van der Waals surface area contributed by atoms with Crippen LogP contribution in [-0.4, -0.2) is 32.9 Å². The van der Waals surface area contributed by atoms with Gasteiger partial charge in [0.2, 0.25) is 5.95 Å². The van der Waals surface area contributed by atoms with E-state index in [2.05, 4.69) is 46.4 Å². The molecule has 0 bridgehead atoms. The van der Waals surface area contributed by atoms with Crippen LogP contribution in [0.25, 0.3) is 22.2 Å². The van der Waals surface area contributed by atoms with Crippen LogP contribution >= 0.6 is 0 Å². The number of aromatic nitrogens is 4. The summed E-state index contributed by atoms with van der Waals surface area (Å²) in [6.07, 6.45) is 3.47. The molecule has 0 unspecified atom stereocenters. The van der Waals surface area contributed by atoms with Gasteiger partial charge in [0.05, 0.1) is 0 Å². The van der Waals surface area contributed by atoms with Crippen molar-refractivity contribution in [2.75, 3.05) is 17.7 Å². The monoisotopic (exact) mass is 454 g/mol. The van der Waals surface area contributed by atoms with E-state index < -0.39 is 0 Å². The normalized spacial score (nSPS) is 11.5. The standard InChI is InChI=1S/C27H30N6O/c1-15-8-9-19(32-25(34)20-10-11-29-23(16(20)2)27(4,5)6)13-21(15)22-12-18-14-30-26(28-7)33-24(18)31-17(22)3/h8-14H,1-7H3,(H,32,34)(H,28,30,31,33). The van der Waals surface area contributed by atoms with Crippen LogP contribution in [0.3, 0.4) is 0 Å². The summed E-state index contributed by atoms with van der Waals surface area (Å²) in [5.74, 6) is 0.385. The van der Waals surface area contributed by atoms with E-state index >= 15 is 0 Å². The Morgan fingerprint density at radius 3 is 2.41 bits per heavy atom. The average molecular weight is 455 g/mol. The number of rotatable bonds is 4. The summed E-state index contributed by atoms with van der Waals surface area (Å²) >= 11 is 0. The van der Waals surface area contributed by atoms with Crippen molar-refractivity contribution in [3.63, 3.8) is 0 Å². The third-order valence-corrected chi connectivity index (χ3v) is 5.93. The number of hydrogen-bond acceptors (Lipinski definition) is 6. The number of anilines is 2. The minimum Gasteiger partial charge on any atom is -0.357 e. The van der Waals surface area contributed by atoms with Gasteiger partial charge in [-0.15, -0.1) is 0 Å². The predicted octanol–water partition coefficient (Wildman–Crippen LogP) is 5.60. The number of amides is 1. The smallest absolute Gasteiger partial charge is 0.256 e. The molecule has 34 heavy (non-hydrogen) atoms. The molecule has 0 radical (unpaired) electrons.